The van der Waals surface area contributed by atoms with Crippen LogP contribution in [0, 0.1) is 23.3 Å². The Morgan fingerprint density at radius 3 is 1.29 bits per heavy atom. The molecule has 126 heavy (non-hydrogen) atoms. The summed E-state index contributed by atoms with van der Waals surface area (Å²) < 4.78 is 103. The van der Waals surface area contributed by atoms with Crippen LogP contribution in [-0.2, 0) is 22.4 Å². The van der Waals surface area contributed by atoms with Crippen LogP contribution in [0.2, 0.25) is 0 Å². The van der Waals surface area contributed by atoms with Gasteiger partial charge >= 0.3 is 0 Å². The molecule has 0 radical (unpaired) electrons. The fraction of sp³-hybridized carbons (Fsp3) is 0.133. The third-order valence-electron chi connectivity index (χ3n) is 18.0. The van der Waals surface area contributed by atoms with Gasteiger partial charge in [-0.1, -0.05) is 257 Å². The summed E-state index contributed by atoms with van der Waals surface area (Å²) in [6, 6.07) is 75.3. The van der Waals surface area contributed by atoms with Gasteiger partial charge in [0.25, 0.3) is 11.8 Å². The number of carbonyl (C=O) groups is 3. The number of nitrogens with one attached hydrogen (secondary N) is 1. The average Bonchev–Trinajstić information content (AvgIpc) is 0.740. The van der Waals surface area contributed by atoms with E-state index in [9.17, 15) is 42.3 Å². The minimum Gasteiger partial charge on any atom is -0.489 e. The van der Waals surface area contributed by atoms with Gasteiger partial charge in [0.1, 0.15) is 111 Å². The molecule has 14 rings (SSSR count). The largest absolute Gasteiger partial charge is 0.489 e. The maximum Gasteiger partial charge on any atom is 0.278 e. The molecule has 0 saturated carbocycles. The zero-order valence-corrected chi connectivity index (χ0v) is 72.8. The Labute approximate surface area is 753 Å². The molecule has 3 atom stereocenters. The number of aliphatic hydroxyl groups is 1. The third kappa shape index (κ3) is 28.6. The number of nitrogens with zero attached hydrogens (tertiary/aromatic N) is 5. The summed E-state index contributed by atoms with van der Waals surface area (Å²) in [5.41, 5.74) is 7.43. The van der Waals surface area contributed by atoms with Crippen LogP contribution in [0.4, 0.5) is 17.6 Å². The van der Waals surface area contributed by atoms with E-state index >= 15 is 4.39 Å². The fourth-order valence-corrected chi connectivity index (χ4v) is 13.0. The van der Waals surface area contributed by atoms with Gasteiger partial charge in [-0.15, -0.1) is 24.8 Å². The highest BCUT2D eigenvalue weighted by atomic mass is 79.9. The number of hydrogen-bond acceptors (Lipinski definition) is 15. The quantitative estimate of drug-likeness (QED) is 0.0141. The van der Waals surface area contributed by atoms with Gasteiger partial charge in [-0.05, 0) is 87.7 Å². The van der Waals surface area contributed by atoms with Crippen molar-refractivity contribution in [2.75, 3.05) is 63.3 Å². The number of benzene rings is 10. The minimum absolute atomic E-state index is 0.0485. The first-order valence-corrected chi connectivity index (χ1v) is 42.8. The molecule has 0 bridgehead atoms. The summed E-state index contributed by atoms with van der Waals surface area (Å²) in [4.78, 5) is 64.8. The van der Waals surface area contributed by atoms with E-state index in [0.717, 1.165) is 26.9 Å². The topological polar surface area (TPSA) is 210 Å². The van der Waals surface area contributed by atoms with Gasteiger partial charge < -0.3 is 48.8 Å². The van der Waals surface area contributed by atoms with Gasteiger partial charge in [-0.2, -0.15) is 0 Å². The first kappa shape index (κ1) is 98.2. The highest BCUT2D eigenvalue weighted by molar-refractivity contribution is 9.10. The Hall–Kier alpha value is -13.3. The molecule has 2 N–H and O–H groups in total. The molecule has 12 aromatic rings. The standard InChI is InChI=1S/C33H30FN3O4.C17H17N3O3.C16H14ClFO.C16H15FO2.C9H9BrO.C7H5FO.Cl2OS/c1-3-19-35-23-37(30(25-14-8-10-16-27(25)34)26-15-9-11-17-29(26)40-21-4-2)36-20-18-28(38)32(31(36)33(35)39)41-22-24-12-6-5-7-13-24;1-2-9-19-12-18-20-10-8-14(21)16(15(20)17(19)22)23-11-13-6-4-3-5-7-13;1-2-11-19-15-10-6-4-8-13(15)16(17)12-7-3-5-9-14(12)18;1-2-11-19-15-10-6-4-8-13(15)16(18)12-7-3-5-9-14(12)17;1-2-7-11-9-6-4-3-5-8(9)10;8-7-4-2-1-3-6(7)5-9;1-4(2)3/h3-18,20,30H,1-2,19,21-23H2;2-8,10,18H,1,9,11-12H2;2-10,16H,1,11H2;2-10,16,18H,1,11H2;2-6H,1,7H2;1-5H;. The summed E-state index contributed by atoms with van der Waals surface area (Å²) in [5, 5.41) is 11.5. The molecule has 2 amide bonds. The van der Waals surface area contributed by atoms with Crippen LogP contribution < -0.4 is 49.7 Å². The van der Waals surface area contributed by atoms with Crippen LogP contribution in [0.15, 0.2) is 369 Å². The van der Waals surface area contributed by atoms with Crippen LogP contribution >= 0.6 is 48.9 Å². The number of aldehydes is 1. The second-order valence-electron chi connectivity index (χ2n) is 26.5. The molecular formula is C98H90BrCl3F4N6O13S. The van der Waals surface area contributed by atoms with Crippen molar-refractivity contribution in [1.82, 2.24) is 19.2 Å². The molecule has 2 aliphatic rings. The van der Waals surface area contributed by atoms with Gasteiger partial charge in [-0.3, -0.25) is 38.3 Å². The van der Waals surface area contributed by atoms with Crippen molar-refractivity contribution in [3.8, 4) is 34.5 Å². The minimum atomic E-state index is -1.67. The second kappa shape index (κ2) is 52.4. The molecule has 652 valence electrons. The molecule has 28 heteroatoms. The van der Waals surface area contributed by atoms with Crippen LogP contribution in [0.5, 0.6) is 34.5 Å². The molecule has 0 saturated heterocycles. The molecular weight excluding hydrogens is 1760 g/mol. The molecule has 2 aliphatic heterocycles. The lowest BCUT2D eigenvalue weighted by Crippen LogP contribution is -2.55. The average molecular weight is 1850 g/mol. The smallest absolute Gasteiger partial charge is 0.278 e. The number of aliphatic hydroxyl groups excluding tert-OH is 1. The predicted octanol–water partition coefficient (Wildman–Crippen LogP) is 20.9. The Kier molecular flexibility index (Phi) is 40.8. The van der Waals surface area contributed by atoms with Gasteiger partial charge in [0, 0.05) is 92.4 Å². The number of fused-ring (bicyclic) bond motifs is 2. The number of rotatable bonds is 30. The number of carbonyl (C=O) groups excluding carboxylic acids is 3. The normalized spacial score (nSPS) is 12.1. The number of pyridine rings is 2. The van der Waals surface area contributed by atoms with E-state index in [1.165, 1.54) is 64.4 Å². The number of alkyl halides is 1. The van der Waals surface area contributed by atoms with Crippen molar-refractivity contribution in [2.24, 2.45) is 0 Å². The Balaban J connectivity index is 0.000000198. The monoisotopic (exact) mass is 1850 g/mol. The fourth-order valence-electron chi connectivity index (χ4n) is 12.3. The third-order valence-corrected chi connectivity index (χ3v) is 19.2. The summed E-state index contributed by atoms with van der Waals surface area (Å²) >= 11 is 9.74. The summed E-state index contributed by atoms with van der Waals surface area (Å²) in [6.45, 7) is 24.8. The van der Waals surface area contributed by atoms with Gasteiger partial charge in [0.05, 0.1) is 15.4 Å². The highest BCUT2D eigenvalue weighted by Crippen LogP contribution is 2.40. The number of aromatic nitrogens is 2. The van der Waals surface area contributed by atoms with Gasteiger partial charge in [-0.25, -0.2) is 21.8 Å². The molecule has 0 spiro atoms. The van der Waals surface area contributed by atoms with Crippen LogP contribution in [-0.4, -0.2) is 99.4 Å². The maximum atomic E-state index is 15.5. The molecule has 19 nitrogen and oxygen atoms in total. The number of para-hydroxylation sites is 4. The molecule has 10 aromatic carbocycles. The van der Waals surface area contributed by atoms with E-state index < -0.39 is 55.5 Å². The molecule has 2 aromatic heterocycles. The first-order chi connectivity index (χ1) is 61.1. The number of amides is 2. The number of halogens is 8. The first-order valence-electron chi connectivity index (χ1n) is 38.7. The molecule has 0 aliphatic carbocycles. The van der Waals surface area contributed by atoms with Crippen molar-refractivity contribution < 1.29 is 69.7 Å². The molecule has 0 fully saturated rings. The lowest BCUT2D eigenvalue weighted by molar-refractivity contribution is 0.0696. The zero-order chi connectivity index (χ0) is 90.7. The van der Waals surface area contributed by atoms with Crippen molar-refractivity contribution in [3.63, 3.8) is 0 Å². The van der Waals surface area contributed by atoms with E-state index in [1.807, 2.05) is 138 Å². The van der Waals surface area contributed by atoms with Gasteiger partial charge in [0.2, 0.25) is 20.1 Å². The van der Waals surface area contributed by atoms with Crippen molar-refractivity contribution >= 4 is 76.2 Å². The lowest BCUT2D eigenvalue weighted by atomic mass is 9.96. The van der Waals surface area contributed by atoms with E-state index in [2.05, 4.69) is 82.2 Å². The van der Waals surface area contributed by atoms with E-state index in [-0.39, 0.29) is 84.2 Å². The maximum absolute atomic E-state index is 15.5. The lowest BCUT2D eigenvalue weighted by Gasteiger charge is -2.44. The Bertz CT molecular complexity index is 5680. The van der Waals surface area contributed by atoms with Crippen LogP contribution in [0.1, 0.15) is 93.4 Å². The highest BCUT2D eigenvalue weighted by Gasteiger charge is 2.39. The van der Waals surface area contributed by atoms with Crippen LogP contribution in [0.3, 0.4) is 0 Å². The van der Waals surface area contributed by atoms with E-state index in [1.54, 1.807) is 137 Å². The second-order valence-corrected chi connectivity index (χ2v) is 30.3. The predicted molar refractivity (Wildman–Crippen MR) is 493 cm³/mol. The van der Waals surface area contributed by atoms with Crippen molar-refractivity contribution in [1.29, 1.82) is 0 Å². The summed E-state index contributed by atoms with van der Waals surface area (Å²) in [7, 11) is 7.36. The van der Waals surface area contributed by atoms with Crippen molar-refractivity contribution in [2.45, 2.75) is 30.7 Å². The SMILES string of the molecule is C=CCN1CNn2ccc(=O)c(OCc3ccccc3)c2C1=O.C=CCOc1ccccc1Br.C=CCOc1ccccc1C(Cl)c1ccccc1F.C=CCOc1ccccc1C(O)c1ccccc1F.C=CCOc1ccccc1C(c1ccccc1F)N1CN(CC=C)C(=O)c2c(OCc3ccccc3)c(=O)ccn21.O=Cc1ccccc1F.O=S(Cl)Cl. The molecule has 4 heterocycles. The van der Waals surface area contributed by atoms with Crippen molar-refractivity contribution in [3.05, 3.63) is 465 Å². The Morgan fingerprint density at radius 1 is 0.437 bits per heavy atom. The molecule has 3 unspecified atom stereocenters. The Morgan fingerprint density at radius 2 is 0.817 bits per heavy atom. The summed E-state index contributed by atoms with van der Waals surface area (Å²) in [6.07, 6.45) is 12.4. The number of ether oxygens (including phenoxy) is 6. The zero-order valence-electron chi connectivity index (χ0n) is 68.2. The van der Waals surface area contributed by atoms with Crippen LogP contribution in [0.25, 0.3) is 0 Å². The summed E-state index contributed by atoms with van der Waals surface area (Å²) in [5.74, 6) is 0.238. The van der Waals surface area contributed by atoms with Gasteiger partial charge in [0.15, 0.2) is 29.2 Å². The number of hydrogen-bond donors (Lipinski definition) is 2. The van der Waals surface area contributed by atoms with E-state index in [0.29, 0.717) is 78.8 Å². The van der Waals surface area contributed by atoms with E-state index in [4.69, 9.17) is 44.2 Å².